The molecular formula is C27H31NO2S. The highest BCUT2D eigenvalue weighted by atomic mass is 32.2. The first kappa shape index (κ1) is 21.9. The van der Waals surface area contributed by atoms with E-state index in [0.717, 1.165) is 4.90 Å². The Kier molecular flexibility index (Phi) is 7.31. The number of nitrogens with one attached hydrogen (secondary N) is 1. The molecule has 3 nitrogen and oxygen atoms in total. The number of thioether (sulfide) groups is 1. The number of esters is 1. The molecule has 1 N–H and O–H groups in total. The highest BCUT2D eigenvalue weighted by Gasteiger charge is 2.27. The summed E-state index contributed by atoms with van der Waals surface area (Å²) in [5.41, 5.74) is 2.78. The van der Waals surface area contributed by atoms with E-state index in [9.17, 15) is 4.79 Å². The average Bonchev–Trinajstić information content (AvgIpc) is 3.26. The van der Waals surface area contributed by atoms with E-state index in [2.05, 4.69) is 79.0 Å². The lowest BCUT2D eigenvalue weighted by Gasteiger charge is -2.21. The largest absolute Gasteiger partial charge is 0.465 e. The second kappa shape index (κ2) is 10.3. The van der Waals surface area contributed by atoms with Gasteiger partial charge in [-0.15, -0.1) is 11.8 Å². The maximum atomic E-state index is 11.5. The topological polar surface area (TPSA) is 38.3 Å². The summed E-state index contributed by atoms with van der Waals surface area (Å²) in [6, 6.07) is 24.8. The van der Waals surface area contributed by atoms with Crippen LogP contribution in [0, 0.1) is 0 Å². The van der Waals surface area contributed by atoms with Gasteiger partial charge >= 0.3 is 5.97 Å². The number of hydrogen-bond donors (Lipinski definition) is 1. The monoisotopic (exact) mass is 433 g/mol. The van der Waals surface area contributed by atoms with Crippen LogP contribution in [0.15, 0.2) is 71.6 Å². The van der Waals surface area contributed by atoms with Crippen LogP contribution in [-0.2, 0) is 9.53 Å². The highest BCUT2D eigenvalue weighted by Crippen LogP contribution is 2.36. The van der Waals surface area contributed by atoms with E-state index in [-0.39, 0.29) is 5.97 Å². The van der Waals surface area contributed by atoms with Gasteiger partial charge < -0.3 is 10.1 Å². The molecule has 3 aromatic carbocycles. The van der Waals surface area contributed by atoms with Gasteiger partial charge in [0.2, 0.25) is 0 Å². The van der Waals surface area contributed by atoms with Gasteiger partial charge in [-0.1, -0.05) is 54.6 Å². The van der Waals surface area contributed by atoms with Crippen LogP contribution in [-0.4, -0.2) is 24.4 Å². The van der Waals surface area contributed by atoms with Crippen molar-refractivity contribution in [3.63, 3.8) is 0 Å². The summed E-state index contributed by atoms with van der Waals surface area (Å²) in [4.78, 5) is 12.7. The molecule has 162 valence electrons. The number of carbonyl (C=O) groups is 1. The van der Waals surface area contributed by atoms with E-state index in [4.69, 9.17) is 4.74 Å². The van der Waals surface area contributed by atoms with Gasteiger partial charge in [0.15, 0.2) is 0 Å². The van der Waals surface area contributed by atoms with E-state index in [1.54, 1.807) is 11.8 Å². The molecule has 0 saturated heterocycles. The van der Waals surface area contributed by atoms with E-state index >= 15 is 0 Å². The lowest BCUT2D eigenvalue weighted by Crippen LogP contribution is -2.29. The van der Waals surface area contributed by atoms with Crippen LogP contribution < -0.4 is 5.32 Å². The molecule has 1 aliphatic carbocycles. The Morgan fingerprint density at radius 1 is 1.06 bits per heavy atom. The van der Waals surface area contributed by atoms with Crippen LogP contribution in [0.2, 0.25) is 0 Å². The fourth-order valence-corrected chi connectivity index (χ4v) is 5.38. The first-order chi connectivity index (χ1) is 15.1. The molecule has 4 heteroatoms. The molecule has 0 aliphatic heterocycles. The number of benzene rings is 3. The molecule has 4 rings (SSSR count). The summed E-state index contributed by atoms with van der Waals surface area (Å²) >= 11 is 1.54. The minimum Gasteiger partial charge on any atom is -0.465 e. The minimum atomic E-state index is -0.151. The smallest absolute Gasteiger partial charge is 0.316 e. The quantitative estimate of drug-likeness (QED) is 0.326. The Hall–Kier alpha value is -2.30. The molecular weight excluding hydrogens is 402 g/mol. The van der Waals surface area contributed by atoms with Crippen molar-refractivity contribution in [3.05, 3.63) is 77.9 Å². The second-order valence-corrected chi connectivity index (χ2v) is 9.38. The van der Waals surface area contributed by atoms with Crippen molar-refractivity contribution in [2.24, 2.45) is 0 Å². The van der Waals surface area contributed by atoms with Gasteiger partial charge in [-0.2, -0.15) is 0 Å². The van der Waals surface area contributed by atoms with Gasteiger partial charge in [0.1, 0.15) is 0 Å². The van der Waals surface area contributed by atoms with Crippen molar-refractivity contribution in [1.29, 1.82) is 0 Å². The molecule has 1 fully saturated rings. The van der Waals surface area contributed by atoms with E-state index in [1.807, 2.05) is 6.92 Å². The zero-order valence-electron chi connectivity index (χ0n) is 18.3. The molecule has 0 amide bonds. The van der Waals surface area contributed by atoms with E-state index in [0.29, 0.717) is 30.4 Å². The van der Waals surface area contributed by atoms with Gasteiger partial charge in [0, 0.05) is 17.0 Å². The molecule has 1 saturated carbocycles. The molecule has 0 bridgehead atoms. The number of ether oxygens (including phenoxy) is 1. The third kappa shape index (κ3) is 5.50. The van der Waals surface area contributed by atoms with Crippen molar-refractivity contribution in [1.82, 2.24) is 5.32 Å². The Labute approximate surface area is 189 Å². The summed E-state index contributed by atoms with van der Waals surface area (Å²) in [6.07, 6.45) is 3.60. The first-order valence-electron chi connectivity index (χ1n) is 11.3. The Morgan fingerprint density at radius 2 is 1.84 bits per heavy atom. The first-order valence-corrected chi connectivity index (χ1v) is 12.2. The normalized spacial score (nSPS) is 19.4. The lowest BCUT2D eigenvalue weighted by atomic mass is 9.97. The molecule has 0 radical (unpaired) electrons. The maximum Gasteiger partial charge on any atom is 0.316 e. The Balaban J connectivity index is 1.33. The predicted octanol–water partition coefficient (Wildman–Crippen LogP) is 6.48. The van der Waals surface area contributed by atoms with Crippen molar-refractivity contribution in [3.8, 4) is 0 Å². The van der Waals surface area contributed by atoms with Crippen LogP contribution in [0.1, 0.15) is 56.2 Å². The summed E-state index contributed by atoms with van der Waals surface area (Å²) in [6.45, 7) is 4.56. The van der Waals surface area contributed by atoms with Crippen LogP contribution >= 0.6 is 11.8 Å². The van der Waals surface area contributed by atoms with Crippen molar-refractivity contribution >= 4 is 28.5 Å². The molecule has 3 unspecified atom stereocenters. The Morgan fingerprint density at radius 3 is 2.65 bits per heavy atom. The van der Waals surface area contributed by atoms with Crippen LogP contribution in [0.5, 0.6) is 0 Å². The molecule has 0 heterocycles. The van der Waals surface area contributed by atoms with Gasteiger partial charge in [-0.05, 0) is 73.1 Å². The fourth-order valence-electron chi connectivity index (χ4n) is 4.69. The van der Waals surface area contributed by atoms with Crippen molar-refractivity contribution in [2.45, 2.75) is 56.0 Å². The fraction of sp³-hybridized carbons (Fsp3) is 0.370. The Bertz CT molecular complexity index is 1010. The highest BCUT2D eigenvalue weighted by molar-refractivity contribution is 8.00. The second-order valence-electron chi connectivity index (χ2n) is 8.33. The summed E-state index contributed by atoms with van der Waals surface area (Å²) in [5, 5.41) is 6.54. The third-order valence-corrected chi connectivity index (χ3v) is 7.21. The number of rotatable bonds is 8. The van der Waals surface area contributed by atoms with Gasteiger partial charge in [0.25, 0.3) is 0 Å². The number of hydrogen-bond acceptors (Lipinski definition) is 4. The zero-order chi connectivity index (χ0) is 21.6. The van der Waals surface area contributed by atoms with Gasteiger partial charge in [-0.3, -0.25) is 4.79 Å². The van der Waals surface area contributed by atoms with Gasteiger partial charge in [-0.25, -0.2) is 0 Å². The molecule has 3 atom stereocenters. The van der Waals surface area contributed by atoms with E-state index < -0.39 is 0 Å². The van der Waals surface area contributed by atoms with E-state index in [1.165, 1.54) is 41.2 Å². The molecule has 0 aromatic heterocycles. The van der Waals surface area contributed by atoms with Gasteiger partial charge in [0.05, 0.1) is 12.4 Å². The lowest BCUT2D eigenvalue weighted by molar-refractivity contribution is -0.139. The summed E-state index contributed by atoms with van der Waals surface area (Å²) in [7, 11) is 0. The average molecular weight is 434 g/mol. The van der Waals surface area contributed by atoms with Crippen LogP contribution in [0.25, 0.3) is 10.8 Å². The molecule has 0 spiro atoms. The summed E-state index contributed by atoms with van der Waals surface area (Å²) < 4.78 is 5.00. The van der Waals surface area contributed by atoms with Crippen molar-refractivity contribution < 1.29 is 9.53 Å². The standard InChI is InChI=1S/C27H31NO2S/c1-3-30-27(29)18-31-24-15-12-20(13-16-24)22-11-14-23(17-22)28-19(2)25-10-6-8-21-7-4-5-9-26(21)25/h4-10,12-13,15-16,19,22-23,28H,3,11,14,17-18H2,1-2H3. The maximum absolute atomic E-state index is 11.5. The van der Waals surface area contributed by atoms with Crippen LogP contribution in [0.3, 0.4) is 0 Å². The zero-order valence-corrected chi connectivity index (χ0v) is 19.2. The molecule has 1 aliphatic rings. The number of carbonyl (C=O) groups excluding carboxylic acids is 1. The summed E-state index contributed by atoms with van der Waals surface area (Å²) in [5.74, 6) is 0.817. The van der Waals surface area contributed by atoms with Crippen LogP contribution in [0.4, 0.5) is 0 Å². The molecule has 31 heavy (non-hydrogen) atoms. The SMILES string of the molecule is CCOC(=O)CSc1ccc(C2CCC(NC(C)c3cccc4ccccc34)C2)cc1. The molecule has 3 aromatic rings. The predicted molar refractivity (Wildman–Crippen MR) is 130 cm³/mol. The number of fused-ring (bicyclic) bond motifs is 1. The van der Waals surface area contributed by atoms with Crippen molar-refractivity contribution in [2.75, 3.05) is 12.4 Å². The third-order valence-electron chi connectivity index (χ3n) is 6.22. The minimum absolute atomic E-state index is 0.151.